The van der Waals surface area contributed by atoms with E-state index in [0.717, 1.165) is 19.4 Å². The van der Waals surface area contributed by atoms with Gasteiger partial charge in [0.15, 0.2) is 6.29 Å². The van der Waals surface area contributed by atoms with E-state index < -0.39 is 0 Å². The van der Waals surface area contributed by atoms with Crippen LogP contribution in [0.5, 0.6) is 0 Å². The van der Waals surface area contributed by atoms with Gasteiger partial charge in [-0.1, -0.05) is 52.0 Å². The van der Waals surface area contributed by atoms with Crippen molar-refractivity contribution in [2.45, 2.75) is 58.3 Å². The van der Waals surface area contributed by atoms with Crippen LogP contribution in [0.4, 0.5) is 0 Å². The smallest absolute Gasteiger partial charge is 0.172 e. The van der Waals surface area contributed by atoms with Crippen molar-refractivity contribution in [1.29, 1.82) is 0 Å². The molecule has 0 spiro atoms. The molecule has 0 aliphatic carbocycles. The van der Waals surface area contributed by atoms with E-state index in [0.29, 0.717) is 0 Å². The van der Waals surface area contributed by atoms with Crippen LogP contribution in [0.3, 0.4) is 0 Å². The molecule has 1 N–H and O–H groups in total. The number of ether oxygens (including phenoxy) is 2. The van der Waals surface area contributed by atoms with E-state index in [2.05, 4.69) is 57.3 Å². The summed E-state index contributed by atoms with van der Waals surface area (Å²) in [6, 6.07) is 9.04. The number of hydrogen-bond acceptors (Lipinski definition) is 3. The maximum Gasteiger partial charge on any atom is 0.172 e. The lowest BCUT2D eigenvalue weighted by Crippen LogP contribution is -2.44. The average molecular weight is 293 g/mol. The molecule has 0 aromatic heterocycles. The average Bonchev–Trinajstić information content (AvgIpc) is 2.45. The molecule has 1 aromatic carbocycles. The Hall–Kier alpha value is -0.900. The van der Waals surface area contributed by atoms with Crippen molar-refractivity contribution >= 4 is 0 Å². The zero-order chi connectivity index (χ0) is 15.9. The standard InChI is InChI=1S/C18H31NO2/c1-7-12-19-16(17(20-5)21-6)13-14-8-10-15(11-9-14)18(2,3)4/h8-11,16-17,19H,7,12-13H2,1-6H3. The van der Waals surface area contributed by atoms with E-state index in [9.17, 15) is 0 Å². The third kappa shape index (κ3) is 5.77. The fourth-order valence-corrected chi connectivity index (χ4v) is 2.41. The van der Waals surface area contributed by atoms with Crippen LogP contribution < -0.4 is 5.32 Å². The van der Waals surface area contributed by atoms with Gasteiger partial charge in [0.2, 0.25) is 0 Å². The molecule has 120 valence electrons. The molecule has 3 heteroatoms. The van der Waals surface area contributed by atoms with Gasteiger partial charge in [0.05, 0.1) is 6.04 Å². The summed E-state index contributed by atoms with van der Waals surface area (Å²) in [6.07, 6.45) is 1.77. The van der Waals surface area contributed by atoms with Crippen molar-refractivity contribution in [2.75, 3.05) is 20.8 Å². The van der Waals surface area contributed by atoms with Crippen LogP contribution in [0.1, 0.15) is 45.2 Å². The number of benzene rings is 1. The molecule has 1 unspecified atom stereocenters. The molecule has 0 bridgehead atoms. The van der Waals surface area contributed by atoms with Crippen LogP contribution in [0.15, 0.2) is 24.3 Å². The second kappa shape index (κ2) is 8.52. The van der Waals surface area contributed by atoms with Gasteiger partial charge in [-0.05, 0) is 35.9 Å². The minimum absolute atomic E-state index is 0.167. The predicted octanol–water partition coefficient (Wildman–Crippen LogP) is 3.51. The molecule has 1 rings (SSSR count). The Balaban J connectivity index is 2.78. The molecule has 0 saturated carbocycles. The van der Waals surface area contributed by atoms with Gasteiger partial charge < -0.3 is 14.8 Å². The Labute approximate surface area is 130 Å². The highest BCUT2D eigenvalue weighted by molar-refractivity contribution is 5.28. The van der Waals surface area contributed by atoms with Crippen molar-refractivity contribution in [3.05, 3.63) is 35.4 Å². The third-order valence-electron chi connectivity index (χ3n) is 3.73. The normalized spacial score (nSPS) is 13.7. The van der Waals surface area contributed by atoms with Gasteiger partial charge >= 0.3 is 0 Å². The van der Waals surface area contributed by atoms with Gasteiger partial charge in [-0.25, -0.2) is 0 Å². The summed E-state index contributed by atoms with van der Waals surface area (Å²) in [4.78, 5) is 0. The molecule has 0 aliphatic heterocycles. The molecule has 0 amide bonds. The topological polar surface area (TPSA) is 30.5 Å². The van der Waals surface area contributed by atoms with E-state index in [1.807, 2.05) is 0 Å². The summed E-state index contributed by atoms with van der Waals surface area (Å²) in [5.74, 6) is 0. The van der Waals surface area contributed by atoms with E-state index in [1.165, 1.54) is 11.1 Å². The van der Waals surface area contributed by atoms with E-state index in [1.54, 1.807) is 14.2 Å². The highest BCUT2D eigenvalue weighted by Crippen LogP contribution is 2.22. The van der Waals surface area contributed by atoms with Crippen molar-refractivity contribution in [1.82, 2.24) is 5.32 Å². The van der Waals surface area contributed by atoms with Crippen LogP contribution >= 0.6 is 0 Å². The maximum absolute atomic E-state index is 5.42. The van der Waals surface area contributed by atoms with Gasteiger partial charge in [-0.3, -0.25) is 0 Å². The number of nitrogens with one attached hydrogen (secondary N) is 1. The van der Waals surface area contributed by atoms with Gasteiger partial charge in [0.1, 0.15) is 0 Å². The summed E-state index contributed by atoms with van der Waals surface area (Å²) >= 11 is 0. The Morgan fingerprint density at radius 1 is 1.05 bits per heavy atom. The minimum Gasteiger partial charge on any atom is -0.354 e. The molecule has 3 nitrogen and oxygen atoms in total. The van der Waals surface area contributed by atoms with Crippen LogP contribution in [-0.2, 0) is 21.3 Å². The molecule has 0 heterocycles. The largest absolute Gasteiger partial charge is 0.354 e. The Kier molecular flexibility index (Phi) is 7.36. The molecular formula is C18H31NO2. The lowest BCUT2D eigenvalue weighted by atomic mass is 9.86. The predicted molar refractivity (Wildman–Crippen MR) is 88.7 cm³/mol. The van der Waals surface area contributed by atoms with Gasteiger partial charge in [-0.15, -0.1) is 0 Å². The lowest BCUT2D eigenvalue weighted by molar-refractivity contribution is -0.122. The van der Waals surface area contributed by atoms with E-state index >= 15 is 0 Å². The Morgan fingerprint density at radius 3 is 2.05 bits per heavy atom. The van der Waals surface area contributed by atoms with Gasteiger partial charge in [0.25, 0.3) is 0 Å². The first-order valence-electron chi connectivity index (χ1n) is 7.80. The summed E-state index contributed by atoms with van der Waals surface area (Å²) in [6.45, 7) is 9.84. The summed E-state index contributed by atoms with van der Waals surface area (Å²) in [7, 11) is 3.38. The Bertz CT molecular complexity index is 391. The monoisotopic (exact) mass is 293 g/mol. The SMILES string of the molecule is CCCNC(Cc1ccc(C(C)(C)C)cc1)C(OC)OC. The Morgan fingerprint density at radius 2 is 1.62 bits per heavy atom. The molecule has 21 heavy (non-hydrogen) atoms. The second-order valence-electron chi connectivity index (χ2n) is 6.55. The van der Waals surface area contributed by atoms with E-state index in [4.69, 9.17) is 9.47 Å². The van der Waals surface area contributed by atoms with Crippen molar-refractivity contribution in [3.8, 4) is 0 Å². The van der Waals surface area contributed by atoms with Crippen molar-refractivity contribution in [3.63, 3.8) is 0 Å². The highest BCUT2D eigenvalue weighted by atomic mass is 16.7. The quantitative estimate of drug-likeness (QED) is 0.744. The zero-order valence-electron chi connectivity index (χ0n) is 14.4. The number of rotatable bonds is 8. The molecule has 0 radical (unpaired) electrons. The molecule has 0 fully saturated rings. The first-order chi connectivity index (χ1) is 9.92. The maximum atomic E-state index is 5.42. The second-order valence-corrected chi connectivity index (χ2v) is 6.55. The fraction of sp³-hybridized carbons (Fsp3) is 0.667. The van der Waals surface area contributed by atoms with Crippen LogP contribution in [0.2, 0.25) is 0 Å². The fourth-order valence-electron chi connectivity index (χ4n) is 2.41. The summed E-state index contributed by atoms with van der Waals surface area (Å²) < 4.78 is 10.8. The first-order valence-corrected chi connectivity index (χ1v) is 7.80. The van der Waals surface area contributed by atoms with Crippen LogP contribution in [0.25, 0.3) is 0 Å². The minimum atomic E-state index is -0.223. The van der Waals surface area contributed by atoms with Crippen molar-refractivity contribution in [2.24, 2.45) is 0 Å². The molecule has 1 atom stereocenters. The van der Waals surface area contributed by atoms with Crippen LogP contribution in [0, 0.1) is 0 Å². The third-order valence-corrected chi connectivity index (χ3v) is 3.73. The molecular weight excluding hydrogens is 262 g/mol. The van der Waals surface area contributed by atoms with Gasteiger partial charge in [-0.2, -0.15) is 0 Å². The van der Waals surface area contributed by atoms with Crippen molar-refractivity contribution < 1.29 is 9.47 Å². The number of hydrogen-bond donors (Lipinski definition) is 1. The first kappa shape index (κ1) is 18.1. The highest BCUT2D eigenvalue weighted by Gasteiger charge is 2.21. The molecule has 0 aliphatic rings. The van der Waals surface area contributed by atoms with Gasteiger partial charge in [0, 0.05) is 14.2 Å². The summed E-state index contributed by atoms with van der Waals surface area (Å²) in [5, 5.41) is 3.51. The van der Waals surface area contributed by atoms with E-state index in [-0.39, 0.29) is 17.7 Å². The summed E-state index contributed by atoms with van der Waals surface area (Å²) in [5.41, 5.74) is 2.86. The zero-order valence-corrected chi connectivity index (χ0v) is 14.4. The molecule has 0 saturated heterocycles. The number of methoxy groups -OCH3 is 2. The lowest BCUT2D eigenvalue weighted by Gasteiger charge is -2.26. The molecule has 1 aromatic rings. The van der Waals surface area contributed by atoms with Crippen LogP contribution in [-0.4, -0.2) is 33.1 Å².